The number of hydrogen-bond donors (Lipinski definition) is 3. The fraction of sp³-hybridized carbons (Fsp3) is 0.333. The van der Waals surface area contributed by atoms with Crippen molar-refractivity contribution >= 4 is 28.1 Å². The van der Waals surface area contributed by atoms with Crippen molar-refractivity contribution in [2.75, 3.05) is 17.7 Å². The van der Waals surface area contributed by atoms with Crippen LogP contribution in [0.5, 0.6) is 11.5 Å². The number of carbonyl (C=O) groups is 1. The molecule has 6 nitrogen and oxygen atoms in total. The van der Waals surface area contributed by atoms with Crippen LogP contribution in [0, 0.1) is 12.8 Å². The predicted octanol–water partition coefficient (Wildman–Crippen LogP) is 5.57. The monoisotopic (exact) mass is 437 g/mol. The molecule has 1 heterocycles. The Morgan fingerprint density at radius 2 is 1.94 bits per heavy atom. The van der Waals surface area contributed by atoms with Gasteiger partial charge in [0.25, 0.3) is 0 Å². The number of phenols is 1. The summed E-state index contributed by atoms with van der Waals surface area (Å²) in [6.07, 6.45) is 4.20. The van der Waals surface area contributed by atoms with Gasteiger partial charge in [-0.3, -0.25) is 4.79 Å². The Bertz CT molecular complexity index is 1060. The first-order valence-electron chi connectivity index (χ1n) is 10.5. The SMILES string of the molecule is COc1ccc(-c2sc(NC(=O)C3CCCC3)nc2C)cc1NCc1ccc(O)cc1. The second kappa shape index (κ2) is 9.39. The van der Waals surface area contributed by atoms with E-state index in [1.165, 1.54) is 11.3 Å². The van der Waals surface area contributed by atoms with Crippen LogP contribution in [-0.4, -0.2) is 23.1 Å². The van der Waals surface area contributed by atoms with Gasteiger partial charge in [-0.15, -0.1) is 0 Å². The lowest BCUT2D eigenvalue weighted by atomic mass is 10.1. The maximum atomic E-state index is 12.5. The van der Waals surface area contributed by atoms with E-state index < -0.39 is 0 Å². The highest BCUT2D eigenvalue weighted by Gasteiger charge is 2.24. The van der Waals surface area contributed by atoms with E-state index in [1.807, 2.05) is 37.3 Å². The molecule has 0 spiro atoms. The second-order valence-electron chi connectivity index (χ2n) is 7.84. The molecule has 1 fully saturated rings. The number of nitrogens with one attached hydrogen (secondary N) is 2. The largest absolute Gasteiger partial charge is 0.508 e. The first kappa shape index (κ1) is 21.2. The molecule has 0 atom stereocenters. The summed E-state index contributed by atoms with van der Waals surface area (Å²) in [5, 5.41) is 16.5. The lowest BCUT2D eigenvalue weighted by molar-refractivity contribution is -0.119. The number of aryl methyl sites for hydroxylation is 1. The van der Waals surface area contributed by atoms with E-state index in [-0.39, 0.29) is 17.6 Å². The van der Waals surface area contributed by atoms with Crippen LogP contribution in [0.2, 0.25) is 0 Å². The summed E-state index contributed by atoms with van der Waals surface area (Å²) in [5.74, 6) is 1.20. The zero-order valence-corrected chi connectivity index (χ0v) is 18.6. The number of nitrogens with zero attached hydrogens (tertiary/aromatic N) is 1. The third-order valence-corrected chi connectivity index (χ3v) is 6.76. The number of aromatic hydroxyl groups is 1. The quantitative estimate of drug-likeness (QED) is 0.450. The van der Waals surface area contributed by atoms with E-state index in [2.05, 4.69) is 15.6 Å². The van der Waals surface area contributed by atoms with Gasteiger partial charge in [-0.25, -0.2) is 4.98 Å². The molecular formula is C24H27N3O3S. The average molecular weight is 438 g/mol. The molecule has 162 valence electrons. The van der Waals surface area contributed by atoms with Crippen molar-refractivity contribution < 1.29 is 14.6 Å². The van der Waals surface area contributed by atoms with Crippen LogP contribution in [0.4, 0.5) is 10.8 Å². The van der Waals surface area contributed by atoms with Gasteiger partial charge in [0.15, 0.2) is 5.13 Å². The first-order valence-corrected chi connectivity index (χ1v) is 11.3. The fourth-order valence-electron chi connectivity index (χ4n) is 3.91. The Morgan fingerprint density at radius 3 is 2.65 bits per heavy atom. The standard InChI is InChI=1S/C24H27N3O3S/c1-15-22(31-24(26-15)27-23(29)17-5-3-4-6-17)18-9-12-21(30-2)20(13-18)25-14-16-7-10-19(28)11-8-16/h7-13,17,25,28H,3-6,14H2,1-2H3,(H,26,27,29). The minimum absolute atomic E-state index is 0.0868. The Kier molecular flexibility index (Phi) is 6.42. The van der Waals surface area contributed by atoms with Crippen LogP contribution in [0.1, 0.15) is 36.9 Å². The molecule has 4 rings (SSSR count). The van der Waals surface area contributed by atoms with Crippen molar-refractivity contribution in [1.29, 1.82) is 0 Å². The molecule has 1 aliphatic carbocycles. The molecule has 1 aromatic heterocycles. The highest BCUT2D eigenvalue weighted by molar-refractivity contribution is 7.19. The second-order valence-corrected chi connectivity index (χ2v) is 8.84. The summed E-state index contributed by atoms with van der Waals surface area (Å²) < 4.78 is 5.52. The Balaban J connectivity index is 1.52. The summed E-state index contributed by atoms with van der Waals surface area (Å²) >= 11 is 1.50. The van der Waals surface area contributed by atoms with E-state index in [1.54, 1.807) is 19.2 Å². The first-order chi connectivity index (χ1) is 15.0. The number of methoxy groups -OCH3 is 1. The van der Waals surface area contributed by atoms with Crippen LogP contribution in [0.25, 0.3) is 10.4 Å². The van der Waals surface area contributed by atoms with Gasteiger partial charge in [0, 0.05) is 12.5 Å². The van der Waals surface area contributed by atoms with Gasteiger partial charge in [-0.05, 0) is 61.2 Å². The smallest absolute Gasteiger partial charge is 0.229 e. The summed E-state index contributed by atoms with van der Waals surface area (Å²) in [6, 6.07) is 13.1. The normalized spacial score (nSPS) is 13.9. The van der Waals surface area contributed by atoms with Crippen molar-refractivity contribution in [2.24, 2.45) is 5.92 Å². The predicted molar refractivity (Wildman–Crippen MR) is 125 cm³/mol. The van der Waals surface area contributed by atoms with Crippen molar-refractivity contribution in [2.45, 2.75) is 39.2 Å². The van der Waals surface area contributed by atoms with Crippen molar-refractivity contribution in [3.8, 4) is 21.9 Å². The number of carbonyl (C=O) groups excluding carboxylic acids is 1. The van der Waals surface area contributed by atoms with E-state index in [0.717, 1.165) is 58.8 Å². The number of amides is 1. The Hall–Kier alpha value is -3.06. The van der Waals surface area contributed by atoms with Crippen molar-refractivity contribution in [1.82, 2.24) is 4.98 Å². The van der Waals surface area contributed by atoms with Gasteiger partial charge in [0.1, 0.15) is 11.5 Å². The van der Waals surface area contributed by atoms with Gasteiger partial charge in [0.05, 0.1) is 23.4 Å². The van der Waals surface area contributed by atoms with E-state index in [0.29, 0.717) is 11.7 Å². The molecule has 1 aliphatic rings. The zero-order chi connectivity index (χ0) is 21.8. The highest BCUT2D eigenvalue weighted by atomic mass is 32.1. The number of anilines is 2. The molecule has 3 aromatic rings. The number of thiazole rings is 1. The summed E-state index contributed by atoms with van der Waals surface area (Å²) in [6.45, 7) is 2.56. The van der Waals surface area contributed by atoms with Crippen LogP contribution in [0.15, 0.2) is 42.5 Å². The molecule has 0 bridgehead atoms. The molecule has 1 amide bonds. The maximum Gasteiger partial charge on any atom is 0.229 e. The van der Waals surface area contributed by atoms with Crippen LogP contribution < -0.4 is 15.4 Å². The Labute approximate surface area is 186 Å². The topological polar surface area (TPSA) is 83.5 Å². The van der Waals surface area contributed by atoms with E-state index in [4.69, 9.17) is 4.74 Å². The lowest BCUT2D eigenvalue weighted by Crippen LogP contribution is -2.20. The van der Waals surface area contributed by atoms with E-state index in [9.17, 15) is 9.90 Å². The lowest BCUT2D eigenvalue weighted by Gasteiger charge is -2.13. The number of benzene rings is 2. The van der Waals surface area contributed by atoms with Gasteiger partial charge in [-0.1, -0.05) is 36.3 Å². The summed E-state index contributed by atoms with van der Waals surface area (Å²) in [5.41, 5.74) is 3.83. The minimum atomic E-state index is 0.0868. The number of phenolic OH excluding ortho intramolecular Hbond substituents is 1. The van der Waals surface area contributed by atoms with Gasteiger partial charge in [-0.2, -0.15) is 0 Å². The number of aromatic nitrogens is 1. The highest BCUT2D eigenvalue weighted by Crippen LogP contribution is 2.37. The summed E-state index contributed by atoms with van der Waals surface area (Å²) in [7, 11) is 1.65. The van der Waals surface area contributed by atoms with Gasteiger partial charge < -0.3 is 20.5 Å². The third kappa shape index (κ3) is 4.99. The van der Waals surface area contributed by atoms with Gasteiger partial charge in [0.2, 0.25) is 5.91 Å². The molecule has 0 unspecified atom stereocenters. The van der Waals surface area contributed by atoms with Crippen LogP contribution >= 0.6 is 11.3 Å². The molecule has 2 aromatic carbocycles. The molecule has 0 aliphatic heterocycles. The van der Waals surface area contributed by atoms with Crippen molar-refractivity contribution in [3.63, 3.8) is 0 Å². The molecule has 31 heavy (non-hydrogen) atoms. The molecule has 0 radical (unpaired) electrons. The Morgan fingerprint density at radius 1 is 1.19 bits per heavy atom. The van der Waals surface area contributed by atoms with Crippen LogP contribution in [-0.2, 0) is 11.3 Å². The maximum absolute atomic E-state index is 12.5. The molecule has 3 N–H and O–H groups in total. The summed E-state index contributed by atoms with van der Waals surface area (Å²) in [4.78, 5) is 18.1. The van der Waals surface area contributed by atoms with Crippen molar-refractivity contribution in [3.05, 3.63) is 53.7 Å². The number of hydrogen-bond acceptors (Lipinski definition) is 6. The fourth-order valence-corrected chi connectivity index (χ4v) is 4.88. The average Bonchev–Trinajstić information content (AvgIpc) is 3.43. The van der Waals surface area contributed by atoms with Crippen LogP contribution in [0.3, 0.4) is 0 Å². The van der Waals surface area contributed by atoms with Gasteiger partial charge >= 0.3 is 0 Å². The van der Waals surface area contributed by atoms with E-state index >= 15 is 0 Å². The molecular weight excluding hydrogens is 410 g/mol. The number of ether oxygens (including phenoxy) is 1. The third-order valence-electron chi connectivity index (χ3n) is 5.63. The zero-order valence-electron chi connectivity index (χ0n) is 17.8. The molecule has 7 heteroatoms. The molecule has 1 saturated carbocycles. The minimum Gasteiger partial charge on any atom is -0.508 e. The molecule has 0 saturated heterocycles. The number of rotatable bonds is 7.